The summed E-state index contributed by atoms with van der Waals surface area (Å²) in [7, 11) is 1.36. The van der Waals surface area contributed by atoms with Crippen LogP contribution in [0.15, 0.2) is 48.5 Å². The Morgan fingerprint density at radius 1 is 1.00 bits per heavy atom. The Labute approximate surface area is 184 Å². The first-order chi connectivity index (χ1) is 14.5. The number of nitrogens with zero attached hydrogens (tertiary/aromatic N) is 2. The van der Waals surface area contributed by atoms with Gasteiger partial charge in [0.1, 0.15) is 11.7 Å². The van der Waals surface area contributed by atoms with E-state index in [9.17, 15) is 9.59 Å². The maximum absolute atomic E-state index is 13.1. The average Bonchev–Trinajstić information content (AvgIpc) is 3.12. The number of rotatable bonds is 4. The van der Waals surface area contributed by atoms with Crippen molar-refractivity contribution in [1.29, 1.82) is 0 Å². The summed E-state index contributed by atoms with van der Waals surface area (Å²) in [4.78, 5) is 32.4. The number of fused-ring (bicyclic) bond motifs is 1. The number of methoxy groups -OCH3 is 1. The smallest absolute Gasteiger partial charge is 0.327 e. The van der Waals surface area contributed by atoms with Crippen LogP contribution >= 0.6 is 23.2 Å². The Kier molecular flexibility index (Phi) is 5.99. The summed E-state index contributed by atoms with van der Waals surface area (Å²) in [5.41, 5.74) is 1.92. The maximum Gasteiger partial charge on any atom is 0.327 e. The molecule has 1 aliphatic rings. The molecule has 1 aromatic heterocycles. The molecule has 0 spiro atoms. The second kappa shape index (κ2) is 8.68. The molecule has 1 aliphatic heterocycles. The van der Waals surface area contributed by atoms with Gasteiger partial charge < -0.3 is 14.6 Å². The molecule has 1 unspecified atom stereocenters. The highest BCUT2D eigenvalue weighted by Gasteiger charge is 2.34. The van der Waals surface area contributed by atoms with Gasteiger partial charge in [0.15, 0.2) is 0 Å². The van der Waals surface area contributed by atoms with E-state index in [2.05, 4.69) is 4.98 Å². The number of aromatic amines is 1. The summed E-state index contributed by atoms with van der Waals surface area (Å²) in [6, 6.07) is 14.2. The van der Waals surface area contributed by atoms with Crippen LogP contribution in [0.1, 0.15) is 22.1 Å². The van der Waals surface area contributed by atoms with Crippen molar-refractivity contribution in [3.05, 3.63) is 69.8 Å². The Morgan fingerprint density at radius 2 is 1.67 bits per heavy atom. The number of amides is 1. The van der Waals surface area contributed by atoms with Crippen molar-refractivity contribution in [3.8, 4) is 0 Å². The minimum atomic E-state index is -0.613. The molecule has 156 valence electrons. The topological polar surface area (TPSA) is 65.6 Å². The molecule has 6 nitrogen and oxygen atoms in total. The summed E-state index contributed by atoms with van der Waals surface area (Å²) in [5.74, 6) is -0.523. The normalized spacial score (nSPS) is 15.9. The lowest BCUT2D eigenvalue weighted by atomic mass is 10.0. The molecule has 1 N–H and O–H groups in total. The molecular formula is C22H21Cl2N3O3. The second-order valence-electron chi connectivity index (χ2n) is 7.13. The van der Waals surface area contributed by atoms with Gasteiger partial charge in [-0.25, -0.2) is 4.79 Å². The van der Waals surface area contributed by atoms with E-state index in [1.165, 1.54) is 7.11 Å². The molecule has 0 aliphatic carbocycles. The lowest BCUT2D eigenvalue weighted by molar-refractivity contribution is -0.148. The Balaban J connectivity index is 1.52. The van der Waals surface area contributed by atoms with Crippen LogP contribution in [0.3, 0.4) is 0 Å². The third-order valence-electron chi connectivity index (χ3n) is 5.45. The molecule has 0 bridgehead atoms. The van der Waals surface area contributed by atoms with Gasteiger partial charge in [-0.05, 0) is 17.7 Å². The third-order valence-corrected chi connectivity index (χ3v) is 6.18. The number of carbonyl (C=O) groups excluding carboxylic acids is 2. The van der Waals surface area contributed by atoms with E-state index in [1.807, 2.05) is 47.4 Å². The number of H-pyrrole nitrogens is 1. The van der Waals surface area contributed by atoms with Crippen molar-refractivity contribution in [2.45, 2.75) is 6.04 Å². The molecule has 1 fully saturated rings. The summed E-state index contributed by atoms with van der Waals surface area (Å²) in [6.07, 6.45) is 0. The van der Waals surface area contributed by atoms with Crippen LogP contribution in [0, 0.1) is 0 Å². The van der Waals surface area contributed by atoms with Gasteiger partial charge in [0.2, 0.25) is 0 Å². The number of aromatic nitrogens is 1. The molecule has 4 rings (SSSR count). The monoisotopic (exact) mass is 445 g/mol. The van der Waals surface area contributed by atoms with E-state index in [4.69, 9.17) is 27.9 Å². The van der Waals surface area contributed by atoms with E-state index < -0.39 is 6.04 Å². The molecule has 8 heteroatoms. The molecule has 1 saturated heterocycles. The lowest BCUT2D eigenvalue weighted by Gasteiger charge is -2.38. The fraction of sp³-hybridized carbons (Fsp3) is 0.273. The number of ether oxygens (including phenoxy) is 1. The zero-order valence-corrected chi connectivity index (χ0v) is 17.9. The van der Waals surface area contributed by atoms with Crippen LogP contribution in [0.4, 0.5) is 0 Å². The minimum absolute atomic E-state index is 0.150. The van der Waals surface area contributed by atoms with Gasteiger partial charge in [0.25, 0.3) is 5.91 Å². The van der Waals surface area contributed by atoms with Gasteiger partial charge >= 0.3 is 5.97 Å². The number of para-hydroxylation sites is 1. The molecule has 0 radical (unpaired) electrons. The van der Waals surface area contributed by atoms with Crippen molar-refractivity contribution in [2.24, 2.45) is 0 Å². The third kappa shape index (κ3) is 3.78. The van der Waals surface area contributed by atoms with Crippen molar-refractivity contribution >= 4 is 46.0 Å². The van der Waals surface area contributed by atoms with Gasteiger partial charge in [0, 0.05) is 42.1 Å². The SMILES string of the molecule is COC(=O)C(c1ccccc1Cl)N1CCN(C(=O)c2[nH]c3ccccc3c2Cl)CC1. The maximum atomic E-state index is 13.1. The molecule has 3 aromatic rings. The highest BCUT2D eigenvalue weighted by molar-refractivity contribution is 6.38. The number of hydrogen-bond donors (Lipinski definition) is 1. The molecule has 2 heterocycles. The van der Waals surface area contributed by atoms with Crippen LogP contribution in [-0.4, -0.2) is 59.9 Å². The standard InChI is InChI=1S/C22H21Cl2N3O3/c1-30-22(29)20(14-6-2-4-8-16(14)23)26-10-12-27(13-11-26)21(28)19-18(24)15-7-3-5-9-17(15)25-19/h2-9,20,25H,10-13H2,1H3. The number of piperazine rings is 1. The fourth-order valence-electron chi connectivity index (χ4n) is 3.88. The molecule has 0 saturated carbocycles. The fourth-order valence-corrected chi connectivity index (χ4v) is 4.41. The summed E-state index contributed by atoms with van der Waals surface area (Å²) >= 11 is 12.8. The highest BCUT2D eigenvalue weighted by atomic mass is 35.5. The van der Waals surface area contributed by atoms with Gasteiger partial charge in [-0.3, -0.25) is 9.69 Å². The number of hydrogen-bond acceptors (Lipinski definition) is 4. The first-order valence-electron chi connectivity index (χ1n) is 9.63. The van der Waals surface area contributed by atoms with Crippen LogP contribution in [0.2, 0.25) is 10.0 Å². The van der Waals surface area contributed by atoms with Crippen LogP contribution < -0.4 is 0 Å². The molecule has 1 amide bonds. The Bertz CT molecular complexity index is 1090. The van der Waals surface area contributed by atoms with Crippen LogP contribution in [0.25, 0.3) is 10.9 Å². The van der Waals surface area contributed by atoms with Gasteiger partial charge in [-0.2, -0.15) is 0 Å². The number of halogens is 2. The van der Waals surface area contributed by atoms with Crippen LogP contribution in [0.5, 0.6) is 0 Å². The lowest BCUT2D eigenvalue weighted by Crippen LogP contribution is -2.51. The minimum Gasteiger partial charge on any atom is -0.468 e. The zero-order valence-electron chi connectivity index (χ0n) is 16.4. The van der Waals surface area contributed by atoms with Gasteiger partial charge in [-0.15, -0.1) is 0 Å². The summed E-state index contributed by atoms with van der Waals surface area (Å²) in [6.45, 7) is 1.94. The number of benzene rings is 2. The predicted molar refractivity (Wildman–Crippen MR) is 117 cm³/mol. The van der Waals surface area contributed by atoms with Crippen molar-refractivity contribution in [1.82, 2.24) is 14.8 Å². The largest absolute Gasteiger partial charge is 0.468 e. The predicted octanol–water partition coefficient (Wildman–Crippen LogP) is 4.15. The zero-order chi connectivity index (χ0) is 21.3. The van der Waals surface area contributed by atoms with E-state index in [0.29, 0.717) is 47.5 Å². The highest BCUT2D eigenvalue weighted by Crippen LogP contribution is 2.31. The first kappa shape index (κ1) is 20.7. The van der Waals surface area contributed by atoms with Gasteiger partial charge in [0.05, 0.1) is 12.1 Å². The quantitative estimate of drug-likeness (QED) is 0.612. The second-order valence-corrected chi connectivity index (χ2v) is 7.92. The molecule has 2 aromatic carbocycles. The van der Waals surface area contributed by atoms with E-state index in [0.717, 1.165) is 10.9 Å². The number of esters is 1. The Hall–Kier alpha value is -2.54. The number of nitrogens with one attached hydrogen (secondary N) is 1. The van der Waals surface area contributed by atoms with Crippen molar-refractivity contribution in [3.63, 3.8) is 0 Å². The molecule has 30 heavy (non-hydrogen) atoms. The molecular weight excluding hydrogens is 425 g/mol. The Morgan fingerprint density at radius 3 is 2.33 bits per heavy atom. The van der Waals surface area contributed by atoms with E-state index in [1.54, 1.807) is 11.0 Å². The van der Waals surface area contributed by atoms with Crippen LogP contribution in [-0.2, 0) is 9.53 Å². The van der Waals surface area contributed by atoms with Crippen molar-refractivity contribution < 1.29 is 14.3 Å². The first-order valence-corrected chi connectivity index (χ1v) is 10.4. The summed E-state index contributed by atoms with van der Waals surface area (Å²) in [5, 5.41) is 1.77. The van der Waals surface area contributed by atoms with E-state index in [-0.39, 0.29) is 11.9 Å². The summed E-state index contributed by atoms with van der Waals surface area (Å²) < 4.78 is 5.03. The average molecular weight is 446 g/mol. The van der Waals surface area contributed by atoms with E-state index >= 15 is 0 Å². The molecule has 1 atom stereocenters. The van der Waals surface area contributed by atoms with Gasteiger partial charge in [-0.1, -0.05) is 59.6 Å². The van der Waals surface area contributed by atoms with Crippen molar-refractivity contribution in [2.75, 3.05) is 33.3 Å². The number of carbonyl (C=O) groups is 2.